The largest absolute Gasteiger partial charge is 0.490 e. The van der Waals surface area contributed by atoms with Crippen LogP contribution in [0, 0.1) is 5.92 Å². The predicted molar refractivity (Wildman–Crippen MR) is 79.0 cm³/mol. The summed E-state index contributed by atoms with van der Waals surface area (Å²) in [5.41, 5.74) is 0.578. The van der Waals surface area contributed by atoms with Crippen LogP contribution in [0.1, 0.15) is 43.0 Å². The van der Waals surface area contributed by atoms with Gasteiger partial charge in [0.05, 0.1) is 5.56 Å². The van der Waals surface area contributed by atoms with Crippen molar-refractivity contribution in [2.24, 2.45) is 5.92 Å². The lowest BCUT2D eigenvalue weighted by Gasteiger charge is -2.25. The Hall–Kier alpha value is -1.77. The van der Waals surface area contributed by atoms with Gasteiger partial charge in [-0.1, -0.05) is 19.6 Å². The Labute approximate surface area is 120 Å². The number of hydrogen-bond acceptors (Lipinski definition) is 3. The highest BCUT2D eigenvalue weighted by Gasteiger charge is 2.22. The number of esters is 1. The summed E-state index contributed by atoms with van der Waals surface area (Å²) in [5.74, 6) is 1.25. The smallest absolute Gasteiger partial charge is 0.338 e. The van der Waals surface area contributed by atoms with Gasteiger partial charge in [-0.25, -0.2) is 4.79 Å². The zero-order valence-electron chi connectivity index (χ0n) is 12.0. The van der Waals surface area contributed by atoms with E-state index in [4.69, 9.17) is 9.47 Å². The minimum atomic E-state index is -0.236. The van der Waals surface area contributed by atoms with Crippen molar-refractivity contribution in [3.63, 3.8) is 0 Å². The van der Waals surface area contributed by atoms with Crippen LogP contribution in [0.15, 0.2) is 36.9 Å². The van der Waals surface area contributed by atoms with Gasteiger partial charge in [0.2, 0.25) is 0 Å². The molecule has 0 heterocycles. The van der Waals surface area contributed by atoms with Gasteiger partial charge in [0.25, 0.3) is 0 Å². The highest BCUT2D eigenvalue weighted by Crippen LogP contribution is 2.26. The Kier molecular flexibility index (Phi) is 5.22. The van der Waals surface area contributed by atoms with Crippen molar-refractivity contribution < 1.29 is 14.3 Å². The number of carbonyl (C=O) groups excluding carboxylic acids is 1. The first kappa shape index (κ1) is 14.6. The maximum Gasteiger partial charge on any atom is 0.338 e. The van der Waals surface area contributed by atoms with Crippen molar-refractivity contribution in [3.8, 4) is 5.75 Å². The summed E-state index contributed by atoms with van der Waals surface area (Å²) in [6, 6.07) is 7.05. The SMILES string of the molecule is C=CCOc1ccc(C(=O)OC2CCC(C)CC2)cc1. The summed E-state index contributed by atoms with van der Waals surface area (Å²) in [4.78, 5) is 12.0. The molecule has 1 aliphatic rings. The normalized spacial score (nSPS) is 22.1. The Balaban J connectivity index is 1.87. The van der Waals surface area contributed by atoms with E-state index in [1.807, 2.05) is 0 Å². The van der Waals surface area contributed by atoms with Crippen LogP contribution >= 0.6 is 0 Å². The van der Waals surface area contributed by atoms with Crippen molar-refractivity contribution in [1.29, 1.82) is 0 Å². The molecule has 3 heteroatoms. The zero-order chi connectivity index (χ0) is 14.4. The highest BCUT2D eigenvalue weighted by atomic mass is 16.5. The van der Waals surface area contributed by atoms with Gasteiger partial charge in [-0.3, -0.25) is 0 Å². The van der Waals surface area contributed by atoms with E-state index in [2.05, 4.69) is 13.5 Å². The van der Waals surface area contributed by atoms with Crippen LogP contribution in [0.3, 0.4) is 0 Å². The molecule has 0 aromatic heterocycles. The number of ether oxygens (including phenoxy) is 2. The first-order valence-corrected chi connectivity index (χ1v) is 7.23. The van der Waals surface area contributed by atoms with E-state index in [-0.39, 0.29) is 12.1 Å². The Morgan fingerprint density at radius 2 is 1.90 bits per heavy atom. The van der Waals surface area contributed by atoms with Crippen LogP contribution in [0.25, 0.3) is 0 Å². The summed E-state index contributed by atoms with van der Waals surface area (Å²) in [6.07, 6.45) is 6.02. The first-order chi connectivity index (χ1) is 9.69. The van der Waals surface area contributed by atoms with Crippen molar-refractivity contribution in [3.05, 3.63) is 42.5 Å². The standard InChI is InChI=1S/C17H22O3/c1-3-12-19-15-10-6-14(7-11-15)17(18)20-16-8-4-13(2)5-9-16/h3,6-7,10-11,13,16H,1,4-5,8-9,12H2,2H3. The topological polar surface area (TPSA) is 35.5 Å². The van der Waals surface area contributed by atoms with Gasteiger partial charge in [-0.05, 0) is 55.9 Å². The highest BCUT2D eigenvalue weighted by molar-refractivity contribution is 5.89. The Morgan fingerprint density at radius 1 is 1.25 bits per heavy atom. The summed E-state index contributed by atoms with van der Waals surface area (Å²) in [5, 5.41) is 0. The maximum atomic E-state index is 12.0. The van der Waals surface area contributed by atoms with E-state index in [0.29, 0.717) is 12.2 Å². The molecule has 1 aliphatic carbocycles. The molecule has 20 heavy (non-hydrogen) atoms. The van der Waals surface area contributed by atoms with Crippen LogP contribution < -0.4 is 4.74 Å². The molecule has 0 aliphatic heterocycles. The second-order valence-corrected chi connectivity index (χ2v) is 5.41. The molecule has 0 radical (unpaired) electrons. The van der Waals surface area contributed by atoms with Gasteiger partial charge in [0, 0.05) is 0 Å². The van der Waals surface area contributed by atoms with E-state index >= 15 is 0 Å². The molecule has 1 aromatic rings. The van der Waals surface area contributed by atoms with Crippen LogP contribution in [-0.2, 0) is 4.74 Å². The minimum Gasteiger partial charge on any atom is -0.490 e. The quantitative estimate of drug-likeness (QED) is 0.601. The van der Waals surface area contributed by atoms with E-state index in [1.165, 1.54) is 0 Å². The van der Waals surface area contributed by atoms with Gasteiger partial charge in [-0.15, -0.1) is 0 Å². The van der Waals surface area contributed by atoms with E-state index in [1.54, 1.807) is 30.3 Å². The number of benzene rings is 1. The van der Waals surface area contributed by atoms with E-state index in [0.717, 1.165) is 37.4 Å². The second kappa shape index (κ2) is 7.13. The molecule has 0 N–H and O–H groups in total. The molecule has 3 nitrogen and oxygen atoms in total. The molecule has 1 aromatic carbocycles. The van der Waals surface area contributed by atoms with Crippen LogP contribution in [0.2, 0.25) is 0 Å². The monoisotopic (exact) mass is 274 g/mol. The number of rotatable bonds is 5. The molecule has 0 amide bonds. The molecule has 0 unspecified atom stereocenters. The number of hydrogen-bond donors (Lipinski definition) is 0. The average molecular weight is 274 g/mol. The first-order valence-electron chi connectivity index (χ1n) is 7.23. The van der Waals surface area contributed by atoms with Gasteiger partial charge in [0.15, 0.2) is 0 Å². The average Bonchev–Trinajstić information content (AvgIpc) is 2.48. The lowest BCUT2D eigenvalue weighted by Crippen LogP contribution is -2.23. The molecule has 108 valence electrons. The lowest BCUT2D eigenvalue weighted by molar-refractivity contribution is 0.0174. The van der Waals surface area contributed by atoms with Crippen LogP contribution in [0.5, 0.6) is 5.75 Å². The van der Waals surface area contributed by atoms with E-state index in [9.17, 15) is 4.79 Å². The molecule has 1 saturated carbocycles. The fourth-order valence-corrected chi connectivity index (χ4v) is 2.41. The molecule has 0 bridgehead atoms. The fourth-order valence-electron chi connectivity index (χ4n) is 2.41. The van der Waals surface area contributed by atoms with Gasteiger partial charge >= 0.3 is 5.97 Å². The summed E-state index contributed by atoms with van der Waals surface area (Å²) in [7, 11) is 0. The molecular weight excluding hydrogens is 252 g/mol. The molecule has 1 fully saturated rings. The second-order valence-electron chi connectivity index (χ2n) is 5.41. The Bertz CT molecular complexity index is 442. The van der Waals surface area contributed by atoms with Crippen molar-refractivity contribution in [2.75, 3.05) is 6.61 Å². The Morgan fingerprint density at radius 3 is 2.50 bits per heavy atom. The maximum absolute atomic E-state index is 12.0. The number of carbonyl (C=O) groups is 1. The third-order valence-corrected chi connectivity index (χ3v) is 3.69. The fraction of sp³-hybridized carbons (Fsp3) is 0.471. The zero-order valence-corrected chi connectivity index (χ0v) is 12.0. The van der Waals surface area contributed by atoms with Crippen molar-refractivity contribution >= 4 is 5.97 Å². The van der Waals surface area contributed by atoms with Gasteiger partial charge < -0.3 is 9.47 Å². The molecule has 2 rings (SSSR count). The minimum absolute atomic E-state index is 0.0791. The van der Waals surface area contributed by atoms with Crippen molar-refractivity contribution in [2.45, 2.75) is 38.7 Å². The predicted octanol–water partition coefficient (Wildman–Crippen LogP) is 3.99. The van der Waals surface area contributed by atoms with E-state index < -0.39 is 0 Å². The molecule has 0 saturated heterocycles. The van der Waals surface area contributed by atoms with Crippen LogP contribution in [-0.4, -0.2) is 18.7 Å². The van der Waals surface area contributed by atoms with Gasteiger partial charge in [-0.2, -0.15) is 0 Å². The molecular formula is C17H22O3. The molecule has 0 atom stereocenters. The summed E-state index contributed by atoms with van der Waals surface area (Å²) >= 11 is 0. The van der Waals surface area contributed by atoms with Crippen LogP contribution in [0.4, 0.5) is 0 Å². The van der Waals surface area contributed by atoms with Crippen molar-refractivity contribution in [1.82, 2.24) is 0 Å². The lowest BCUT2D eigenvalue weighted by atomic mass is 9.89. The molecule has 0 spiro atoms. The summed E-state index contributed by atoms with van der Waals surface area (Å²) in [6.45, 7) is 6.31. The summed E-state index contributed by atoms with van der Waals surface area (Å²) < 4.78 is 10.9. The third-order valence-electron chi connectivity index (χ3n) is 3.69. The van der Waals surface area contributed by atoms with Gasteiger partial charge in [0.1, 0.15) is 18.5 Å². The third kappa shape index (κ3) is 4.12.